The molecule has 3 heterocycles. The summed E-state index contributed by atoms with van der Waals surface area (Å²) < 4.78 is 0. The van der Waals surface area contributed by atoms with Gasteiger partial charge in [-0.3, -0.25) is 4.99 Å². The quantitative estimate of drug-likeness (QED) is 0.813. The van der Waals surface area contributed by atoms with Crippen LogP contribution in [0.15, 0.2) is 51.8 Å². The smallest absolute Gasteiger partial charge is 0.0424 e. The summed E-state index contributed by atoms with van der Waals surface area (Å²) in [5.74, 6) is 1.67. The first-order chi connectivity index (χ1) is 13.5. The second-order valence-corrected chi connectivity index (χ2v) is 8.85. The van der Waals surface area contributed by atoms with Crippen molar-refractivity contribution in [1.82, 2.24) is 5.32 Å². The summed E-state index contributed by atoms with van der Waals surface area (Å²) in [6, 6.07) is 9.20. The van der Waals surface area contributed by atoms with Gasteiger partial charge in [-0.05, 0) is 87.1 Å². The number of nitrogens with two attached hydrogens (primary N) is 1. The van der Waals surface area contributed by atoms with Gasteiger partial charge in [0.2, 0.25) is 0 Å². The van der Waals surface area contributed by atoms with Crippen molar-refractivity contribution in [2.45, 2.75) is 46.5 Å². The van der Waals surface area contributed by atoms with E-state index in [-0.39, 0.29) is 0 Å². The average molecular weight is 379 g/mol. The van der Waals surface area contributed by atoms with Gasteiger partial charge in [0.1, 0.15) is 0 Å². The molecule has 1 aromatic rings. The van der Waals surface area contributed by atoms with Crippen LogP contribution in [0.5, 0.6) is 0 Å². The van der Waals surface area contributed by atoms with Gasteiger partial charge < -0.3 is 16.0 Å². The van der Waals surface area contributed by atoms with Crippen LogP contribution < -0.4 is 16.0 Å². The maximum atomic E-state index is 6.48. The van der Waals surface area contributed by atoms with E-state index in [4.69, 9.17) is 5.73 Å². The third-order valence-electron chi connectivity index (χ3n) is 6.80. The van der Waals surface area contributed by atoms with E-state index in [1.165, 1.54) is 54.3 Å². The highest BCUT2D eigenvalue weighted by molar-refractivity contribution is 5.84. The fourth-order valence-corrected chi connectivity index (χ4v) is 4.89. The summed E-state index contributed by atoms with van der Waals surface area (Å²) in [6.45, 7) is 11.1. The highest BCUT2D eigenvalue weighted by atomic mass is 15.2. The Morgan fingerprint density at radius 1 is 1.11 bits per heavy atom. The van der Waals surface area contributed by atoms with Gasteiger partial charge in [0.05, 0.1) is 0 Å². The van der Waals surface area contributed by atoms with Gasteiger partial charge in [-0.25, -0.2) is 0 Å². The molecule has 0 bridgehead atoms. The Morgan fingerprint density at radius 3 is 2.43 bits per heavy atom. The van der Waals surface area contributed by atoms with Crippen molar-refractivity contribution in [3.05, 3.63) is 52.4 Å². The monoisotopic (exact) mass is 378 g/mol. The van der Waals surface area contributed by atoms with Crippen molar-refractivity contribution in [2.24, 2.45) is 22.6 Å². The van der Waals surface area contributed by atoms with Crippen LogP contribution in [0.25, 0.3) is 0 Å². The first kappa shape index (κ1) is 19.3. The fourth-order valence-electron chi connectivity index (χ4n) is 4.89. The molecule has 0 radical (unpaired) electrons. The SMILES string of the molecule is CC1=NC(C)=C(/C(N)=C(\C)CCc2ccc(N3CC4CNCC4C3)cc2)CC1. The van der Waals surface area contributed by atoms with Crippen molar-refractivity contribution in [1.29, 1.82) is 0 Å². The zero-order valence-electron chi connectivity index (χ0n) is 17.6. The molecule has 150 valence electrons. The van der Waals surface area contributed by atoms with Crippen molar-refractivity contribution in [3.63, 3.8) is 0 Å². The van der Waals surface area contributed by atoms with Crippen LogP contribution >= 0.6 is 0 Å². The Labute approximate surface area is 169 Å². The Balaban J connectivity index is 1.36. The molecule has 0 spiro atoms. The van der Waals surface area contributed by atoms with Gasteiger partial charge in [-0.15, -0.1) is 0 Å². The summed E-state index contributed by atoms with van der Waals surface area (Å²) in [5.41, 5.74) is 15.0. The minimum atomic E-state index is 0.834. The average Bonchev–Trinajstić information content (AvgIpc) is 3.28. The first-order valence-electron chi connectivity index (χ1n) is 10.8. The second kappa shape index (κ2) is 8.12. The number of rotatable bonds is 5. The lowest BCUT2D eigenvalue weighted by molar-refractivity contribution is 0.533. The van der Waals surface area contributed by atoms with Crippen LogP contribution in [0, 0.1) is 11.8 Å². The maximum Gasteiger partial charge on any atom is 0.0424 e. The van der Waals surface area contributed by atoms with Gasteiger partial charge in [0, 0.05) is 49.0 Å². The number of fused-ring (bicyclic) bond motifs is 1. The summed E-state index contributed by atoms with van der Waals surface area (Å²) in [4.78, 5) is 7.19. The molecular weight excluding hydrogens is 344 g/mol. The van der Waals surface area contributed by atoms with Crippen LogP contribution in [0.1, 0.15) is 45.6 Å². The minimum Gasteiger partial charge on any atom is -0.398 e. The lowest BCUT2D eigenvalue weighted by atomic mass is 9.95. The highest BCUT2D eigenvalue weighted by Gasteiger charge is 2.35. The zero-order valence-corrected chi connectivity index (χ0v) is 17.6. The lowest BCUT2D eigenvalue weighted by Crippen LogP contribution is -2.25. The van der Waals surface area contributed by atoms with E-state index in [9.17, 15) is 0 Å². The Hall–Kier alpha value is -2.07. The van der Waals surface area contributed by atoms with Crippen LogP contribution in [0.4, 0.5) is 5.69 Å². The molecule has 3 N–H and O–H groups in total. The number of nitrogens with zero attached hydrogens (tertiary/aromatic N) is 2. The summed E-state index contributed by atoms with van der Waals surface area (Å²) >= 11 is 0. The van der Waals surface area contributed by atoms with E-state index in [0.29, 0.717) is 0 Å². The van der Waals surface area contributed by atoms with E-state index in [1.54, 1.807) is 0 Å². The molecule has 3 aliphatic heterocycles. The third-order valence-corrected chi connectivity index (χ3v) is 6.80. The summed E-state index contributed by atoms with van der Waals surface area (Å²) in [5, 5.41) is 3.52. The van der Waals surface area contributed by atoms with Gasteiger partial charge in [-0.2, -0.15) is 0 Å². The first-order valence-corrected chi connectivity index (χ1v) is 10.8. The predicted octanol–water partition coefficient (Wildman–Crippen LogP) is 4.04. The molecule has 0 aliphatic carbocycles. The van der Waals surface area contributed by atoms with E-state index in [1.807, 2.05) is 0 Å². The molecule has 2 unspecified atom stereocenters. The van der Waals surface area contributed by atoms with E-state index in [2.05, 4.69) is 60.2 Å². The molecular formula is C24H34N4. The molecule has 0 aromatic heterocycles. The second-order valence-electron chi connectivity index (χ2n) is 8.85. The largest absolute Gasteiger partial charge is 0.398 e. The van der Waals surface area contributed by atoms with E-state index < -0.39 is 0 Å². The maximum absolute atomic E-state index is 6.48. The van der Waals surface area contributed by atoms with Gasteiger partial charge >= 0.3 is 0 Å². The van der Waals surface area contributed by atoms with Crippen molar-refractivity contribution >= 4 is 11.4 Å². The number of hydrogen-bond donors (Lipinski definition) is 2. The molecule has 2 saturated heterocycles. The molecule has 0 amide bonds. The molecule has 4 heteroatoms. The van der Waals surface area contributed by atoms with Crippen molar-refractivity contribution in [3.8, 4) is 0 Å². The van der Waals surface area contributed by atoms with Gasteiger partial charge in [0.15, 0.2) is 0 Å². The van der Waals surface area contributed by atoms with Crippen LogP contribution in [0.2, 0.25) is 0 Å². The Bertz CT molecular complexity index is 804. The topological polar surface area (TPSA) is 53.6 Å². The van der Waals surface area contributed by atoms with E-state index in [0.717, 1.165) is 48.9 Å². The third kappa shape index (κ3) is 4.02. The molecule has 3 aliphatic rings. The fraction of sp³-hybridized carbons (Fsp3) is 0.542. The van der Waals surface area contributed by atoms with Crippen LogP contribution in [-0.2, 0) is 6.42 Å². The number of benzene rings is 1. The molecule has 28 heavy (non-hydrogen) atoms. The molecule has 1 aromatic carbocycles. The number of aliphatic imine (C=N–C) groups is 1. The zero-order chi connectivity index (χ0) is 19.7. The molecule has 4 rings (SSSR count). The van der Waals surface area contributed by atoms with Gasteiger partial charge in [-0.1, -0.05) is 12.1 Å². The number of nitrogens with one attached hydrogen (secondary N) is 1. The van der Waals surface area contributed by atoms with Crippen molar-refractivity contribution in [2.75, 3.05) is 31.1 Å². The standard InChI is InChI=1S/C24H34N4/c1-16(24(25)23-11-5-17(2)27-18(23)3)4-6-19-7-9-22(10-8-19)28-14-20-12-26-13-21(20)15-28/h7-10,20-21,26H,4-6,11-15,25H2,1-3H3/b24-16-. The number of aryl methyl sites for hydroxylation is 1. The molecule has 2 fully saturated rings. The number of allylic oxidation sites excluding steroid dienone is 3. The molecule has 2 atom stereocenters. The normalized spacial score (nSPS) is 25.7. The number of anilines is 1. The van der Waals surface area contributed by atoms with Crippen molar-refractivity contribution < 1.29 is 0 Å². The Morgan fingerprint density at radius 2 is 1.79 bits per heavy atom. The highest BCUT2D eigenvalue weighted by Crippen LogP contribution is 2.31. The van der Waals surface area contributed by atoms with Gasteiger partial charge in [0.25, 0.3) is 0 Å². The van der Waals surface area contributed by atoms with Crippen LogP contribution in [-0.4, -0.2) is 31.9 Å². The predicted molar refractivity (Wildman–Crippen MR) is 119 cm³/mol. The van der Waals surface area contributed by atoms with E-state index >= 15 is 0 Å². The summed E-state index contributed by atoms with van der Waals surface area (Å²) in [6.07, 6.45) is 4.09. The minimum absolute atomic E-state index is 0.834. The summed E-state index contributed by atoms with van der Waals surface area (Å²) in [7, 11) is 0. The lowest BCUT2D eigenvalue weighted by Gasteiger charge is -2.20. The Kier molecular flexibility index (Phi) is 5.58. The van der Waals surface area contributed by atoms with Crippen LogP contribution in [0.3, 0.4) is 0 Å². The number of hydrogen-bond acceptors (Lipinski definition) is 4. The molecule has 4 nitrogen and oxygen atoms in total. The molecule has 0 saturated carbocycles.